The van der Waals surface area contributed by atoms with Crippen molar-refractivity contribution in [3.05, 3.63) is 24.4 Å². The number of nitrogens with two attached hydrogens (primary N) is 1. The average Bonchev–Trinajstić information content (AvgIpc) is 2.86. The summed E-state index contributed by atoms with van der Waals surface area (Å²) >= 11 is 0. The van der Waals surface area contributed by atoms with Gasteiger partial charge in [0.1, 0.15) is 0 Å². The summed E-state index contributed by atoms with van der Waals surface area (Å²) in [5.41, 5.74) is 4.23. The molecule has 17 heavy (non-hydrogen) atoms. The maximum atomic E-state index is 5.25. The van der Waals surface area contributed by atoms with Crippen LogP contribution in [0.4, 0.5) is 5.95 Å². The molecule has 0 spiro atoms. The Balaban J connectivity index is 2.38. The highest BCUT2D eigenvalue weighted by Crippen LogP contribution is 2.31. The first-order chi connectivity index (χ1) is 8.28. The second-order valence-electron chi connectivity index (χ2n) is 3.36. The molecule has 6 heteroatoms. The number of H-pyrrole nitrogens is 1. The summed E-state index contributed by atoms with van der Waals surface area (Å²) in [5.74, 6) is 7.12. The number of methoxy groups -OCH3 is 2. The summed E-state index contributed by atoms with van der Waals surface area (Å²) in [6.07, 6.45) is 1.69. The van der Waals surface area contributed by atoms with Crippen molar-refractivity contribution in [3.8, 4) is 22.8 Å². The highest BCUT2D eigenvalue weighted by Gasteiger charge is 2.07. The van der Waals surface area contributed by atoms with Crippen LogP contribution in [-0.2, 0) is 0 Å². The Bertz CT molecular complexity index is 510. The Hall–Kier alpha value is -2.21. The molecule has 0 amide bonds. The lowest BCUT2D eigenvalue weighted by Crippen LogP contribution is -2.07. The lowest BCUT2D eigenvalue weighted by Gasteiger charge is -2.08. The molecule has 0 bridgehead atoms. The maximum absolute atomic E-state index is 5.25. The van der Waals surface area contributed by atoms with E-state index in [1.54, 1.807) is 20.4 Å². The van der Waals surface area contributed by atoms with Crippen LogP contribution in [-0.4, -0.2) is 24.2 Å². The van der Waals surface area contributed by atoms with Gasteiger partial charge in [-0.2, -0.15) is 0 Å². The van der Waals surface area contributed by atoms with Crippen molar-refractivity contribution in [2.45, 2.75) is 0 Å². The van der Waals surface area contributed by atoms with E-state index >= 15 is 0 Å². The highest BCUT2D eigenvalue weighted by molar-refractivity contribution is 5.64. The van der Waals surface area contributed by atoms with Crippen LogP contribution in [0.5, 0.6) is 11.5 Å². The monoisotopic (exact) mass is 234 g/mol. The summed E-state index contributed by atoms with van der Waals surface area (Å²) in [6, 6.07) is 5.62. The van der Waals surface area contributed by atoms with Crippen molar-refractivity contribution in [2.75, 3.05) is 19.6 Å². The number of nitrogens with one attached hydrogen (secondary N) is 2. The topological polar surface area (TPSA) is 85.2 Å². The van der Waals surface area contributed by atoms with Gasteiger partial charge in [-0.25, -0.2) is 10.8 Å². The predicted molar refractivity (Wildman–Crippen MR) is 64.9 cm³/mol. The van der Waals surface area contributed by atoms with Crippen molar-refractivity contribution in [1.29, 1.82) is 0 Å². The van der Waals surface area contributed by atoms with Crippen LogP contribution < -0.4 is 20.7 Å². The predicted octanol–water partition coefficient (Wildman–Crippen LogP) is 1.38. The third-order valence-electron chi connectivity index (χ3n) is 2.41. The van der Waals surface area contributed by atoms with Gasteiger partial charge >= 0.3 is 0 Å². The van der Waals surface area contributed by atoms with Gasteiger partial charge in [-0.05, 0) is 18.2 Å². The number of hydrazine groups is 1. The number of nitrogen functional groups attached to an aromatic ring is 1. The molecule has 0 aliphatic heterocycles. The molecule has 0 atom stereocenters. The number of aromatic nitrogens is 2. The number of imidazole rings is 1. The molecule has 0 saturated carbocycles. The molecule has 2 aromatic rings. The first-order valence-electron chi connectivity index (χ1n) is 5.02. The van der Waals surface area contributed by atoms with Crippen LogP contribution in [0.3, 0.4) is 0 Å². The lowest BCUT2D eigenvalue weighted by atomic mass is 10.1. The SMILES string of the molecule is COc1ccc(-c2cnc(NN)[nH]2)cc1OC. The van der Waals surface area contributed by atoms with Crippen LogP contribution >= 0.6 is 0 Å². The Labute approximate surface area is 98.7 Å². The second-order valence-corrected chi connectivity index (χ2v) is 3.36. The molecular weight excluding hydrogens is 220 g/mol. The molecule has 1 aromatic heterocycles. The van der Waals surface area contributed by atoms with Gasteiger partial charge in [0.15, 0.2) is 11.5 Å². The number of aromatic amines is 1. The van der Waals surface area contributed by atoms with E-state index in [1.807, 2.05) is 18.2 Å². The van der Waals surface area contributed by atoms with E-state index in [9.17, 15) is 0 Å². The van der Waals surface area contributed by atoms with E-state index < -0.39 is 0 Å². The van der Waals surface area contributed by atoms with E-state index in [1.165, 1.54) is 0 Å². The molecule has 4 N–H and O–H groups in total. The fraction of sp³-hybridized carbons (Fsp3) is 0.182. The number of ether oxygens (including phenoxy) is 2. The van der Waals surface area contributed by atoms with Crippen LogP contribution in [0, 0.1) is 0 Å². The smallest absolute Gasteiger partial charge is 0.215 e. The standard InChI is InChI=1S/C11H14N4O2/c1-16-9-4-3-7(5-10(9)17-2)8-6-13-11(14-8)15-12/h3-6H,12H2,1-2H3,(H2,13,14,15). The lowest BCUT2D eigenvalue weighted by molar-refractivity contribution is 0.355. The number of hydrogen-bond donors (Lipinski definition) is 3. The van der Waals surface area contributed by atoms with Gasteiger partial charge in [-0.3, -0.25) is 5.43 Å². The second kappa shape index (κ2) is 4.75. The first-order valence-corrected chi connectivity index (χ1v) is 5.02. The minimum absolute atomic E-state index is 0.509. The molecule has 2 rings (SSSR count). The summed E-state index contributed by atoms with van der Waals surface area (Å²) in [5, 5.41) is 0. The van der Waals surface area contributed by atoms with Crippen molar-refractivity contribution < 1.29 is 9.47 Å². The first kappa shape index (κ1) is 11.3. The molecule has 0 aliphatic carbocycles. The summed E-state index contributed by atoms with van der Waals surface area (Å²) in [7, 11) is 3.20. The van der Waals surface area contributed by atoms with Crippen molar-refractivity contribution >= 4 is 5.95 Å². The fourth-order valence-corrected chi connectivity index (χ4v) is 1.55. The Morgan fingerprint density at radius 2 is 2.00 bits per heavy atom. The number of nitrogens with zero attached hydrogens (tertiary/aromatic N) is 1. The van der Waals surface area contributed by atoms with Gasteiger partial charge in [-0.15, -0.1) is 0 Å². The molecule has 0 fully saturated rings. The minimum atomic E-state index is 0.509. The number of anilines is 1. The minimum Gasteiger partial charge on any atom is -0.493 e. The summed E-state index contributed by atoms with van der Waals surface area (Å²) in [6.45, 7) is 0. The van der Waals surface area contributed by atoms with Crippen LogP contribution in [0.15, 0.2) is 24.4 Å². The van der Waals surface area contributed by atoms with E-state index in [-0.39, 0.29) is 0 Å². The molecular formula is C11H14N4O2. The van der Waals surface area contributed by atoms with E-state index in [2.05, 4.69) is 15.4 Å². The zero-order valence-corrected chi connectivity index (χ0v) is 9.65. The van der Waals surface area contributed by atoms with Crippen molar-refractivity contribution in [1.82, 2.24) is 9.97 Å². The molecule has 1 heterocycles. The quantitative estimate of drug-likeness (QED) is 0.549. The average molecular weight is 234 g/mol. The molecule has 0 aliphatic rings. The van der Waals surface area contributed by atoms with E-state index in [4.69, 9.17) is 15.3 Å². The maximum Gasteiger partial charge on any atom is 0.215 e. The van der Waals surface area contributed by atoms with Gasteiger partial charge in [0.25, 0.3) is 0 Å². The highest BCUT2D eigenvalue weighted by atomic mass is 16.5. The van der Waals surface area contributed by atoms with E-state index in [0.29, 0.717) is 17.4 Å². The normalized spacial score (nSPS) is 10.1. The number of hydrogen-bond acceptors (Lipinski definition) is 5. The Kier molecular flexibility index (Phi) is 3.15. The zero-order chi connectivity index (χ0) is 12.3. The van der Waals surface area contributed by atoms with Crippen LogP contribution in [0.2, 0.25) is 0 Å². The van der Waals surface area contributed by atoms with Crippen LogP contribution in [0.25, 0.3) is 11.3 Å². The summed E-state index contributed by atoms with van der Waals surface area (Å²) in [4.78, 5) is 7.07. The molecule has 0 unspecified atom stereocenters. The van der Waals surface area contributed by atoms with Gasteiger partial charge in [0.05, 0.1) is 26.1 Å². The molecule has 1 aromatic carbocycles. The van der Waals surface area contributed by atoms with Gasteiger partial charge in [-0.1, -0.05) is 0 Å². The summed E-state index contributed by atoms with van der Waals surface area (Å²) < 4.78 is 10.4. The fourth-order valence-electron chi connectivity index (χ4n) is 1.55. The zero-order valence-electron chi connectivity index (χ0n) is 9.65. The Morgan fingerprint density at radius 1 is 1.24 bits per heavy atom. The largest absolute Gasteiger partial charge is 0.493 e. The number of rotatable bonds is 4. The number of benzene rings is 1. The molecule has 6 nitrogen and oxygen atoms in total. The Morgan fingerprint density at radius 3 is 2.59 bits per heavy atom. The van der Waals surface area contributed by atoms with Crippen molar-refractivity contribution in [2.24, 2.45) is 5.84 Å². The molecule has 0 saturated heterocycles. The molecule has 90 valence electrons. The third-order valence-corrected chi connectivity index (χ3v) is 2.41. The van der Waals surface area contributed by atoms with Crippen LogP contribution in [0.1, 0.15) is 0 Å². The molecule has 0 radical (unpaired) electrons. The third kappa shape index (κ3) is 2.16. The van der Waals surface area contributed by atoms with Gasteiger partial charge in [0.2, 0.25) is 5.95 Å². The van der Waals surface area contributed by atoms with E-state index in [0.717, 1.165) is 11.3 Å². The van der Waals surface area contributed by atoms with Crippen molar-refractivity contribution in [3.63, 3.8) is 0 Å². The van der Waals surface area contributed by atoms with Gasteiger partial charge in [0, 0.05) is 5.56 Å². The van der Waals surface area contributed by atoms with Gasteiger partial charge < -0.3 is 14.5 Å².